The van der Waals surface area contributed by atoms with E-state index in [0.29, 0.717) is 19.0 Å². The molecule has 90 valence electrons. The van der Waals surface area contributed by atoms with Crippen LogP contribution in [0.15, 0.2) is 30.8 Å². The van der Waals surface area contributed by atoms with Crippen molar-refractivity contribution < 1.29 is 14.4 Å². The molecule has 1 aromatic rings. The standard InChI is InChI=1S/C12H13NO4/c1-9(16-7-12(2)8-17-12)10-3-5-11(6-4-10)13(14)15/h3-6H,1,7-8H2,2H3. The third-order valence-electron chi connectivity index (χ3n) is 2.59. The molecule has 1 aliphatic heterocycles. The minimum atomic E-state index is -0.438. The summed E-state index contributed by atoms with van der Waals surface area (Å²) in [6.45, 7) is 6.88. The predicted molar refractivity (Wildman–Crippen MR) is 62.4 cm³/mol. The Morgan fingerprint density at radius 2 is 2.18 bits per heavy atom. The molecule has 0 amide bonds. The highest BCUT2D eigenvalue weighted by atomic mass is 16.6. The normalized spacial score (nSPS) is 21.9. The monoisotopic (exact) mass is 235 g/mol. The zero-order valence-electron chi connectivity index (χ0n) is 9.51. The lowest BCUT2D eigenvalue weighted by Crippen LogP contribution is -2.13. The third-order valence-corrected chi connectivity index (χ3v) is 2.59. The molecule has 5 nitrogen and oxygen atoms in total. The summed E-state index contributed by atoms with van der Waals surface area (Å²) in [6.07, 6.45) is 0. The number of rotatable bonds is 5. The lowest BCUT2D eigenvalue weighted by Gasteiger charge is -2.11. The number of nitrogens with zero attached hydrogens (tertiary/aromatic N) is 1. The fourth-order valence-electron chi connectivity index (χ4n) is 1.30. The summed E-state index contributed by atoms with van der Waals surface area (Å²) in [4.78, 5) is 10.0. The van der Waals surface area contributed by atoms with Crippen LogP contribution in [0, 0.1) is 10.1 Å². The van der Waals surface area contributed by atoms with Crippen molar-refractivity contribution >= 4 is 11.4 Å². The molecular formula is C12H13NO4. The quantitative estimate of drug-likeness (QED) is 0.340. The van der Waals surface area contributed by atoms with Gasteiger partial charge in [0.2, 0.25) is 0 Å². The van der Waals surface area contributed by atoms with Crippen molar-refractivity contribution in [2.45, 2.75) is 12.5 Å². The maximum absolute atomic E-state index is 10.5. The van der Waals surface area contributed by atoms with Crippen LogP contribution >= 0.6 is 0 Å². The van der Waals surface area contributed by atoms with Crippen LogP contribution in [-0.2, 0) is 9.47 Å². The largest absolute Gasteiger partial charge is 0.490 e. The molecule has 0 radical (unpaired) electrons. The fourth-order valence-corrected chi connectivity index (χ4v) is 1.30. The van der Waals surface area contributed by atoms with Crippen molar-refractivity contribution in [3.05, 3.63) is 46.5 Å². The molecule has 17 heavy (non-hydrogen) atoms. The second-order valence-electron chi connectivity index (χ2n) is 4.25. The van der Waals surface area contributed by atoms with Crippen LogP contribution < -0.4 is 0 Å². The van der Waals surface area contributed by atoms with E-state index in [9.17, 15) is 10.1 Å². The second-order valence-corrected chi connectivity index (χ2v) is 4.25. The molecule has 1 saturated heterocycles. The minimum Gasteiger partial charge on any atom is -0.490 e. The van der Waals surface area contributed by atoms with Gasteiger partial charge in [0.05, 0.1) is 11.5 Å². The Bertz CT molecular complexity index is 448. The van der Waals surface area contributed by atoms with Gasteiger partial charge >= 0.3 is 0 Å². The molecule has 0 bridgehead atoms. The van der Waals surface area contributed by atoms with E-state index in [-0.39, 0.29) is 11.3 Å². The Morgan fingerprint density at radius 3 is 2.65 bits per heavy atom. The molecule has 1 fully saturated rings. The third kappa shape index (κ3) is 2.82. The number of hydrogen-bond donors (Lipinski definition) is 0. The van der Waals surface area contributed by atoms with Crippen LogP contribution in [-0.4, -0.2) is 23.7 Å². The van der Waals surface area contributed by atoms with E-state index < -0.39 is 4.92 Å². The molecule has 0 aromatic heterocycles. The molecule has 0 saturated carbocycles. The number of epoxide rings is 1. The molecule has 5 heteroatoms. The van der Waals surface area contributed by atoms with Gasteiger partial charge in [-0.05, 0) is 19.1 Å². The first-order valence-electron chi connectivity index (χ1n) is 5.21. The maximum Gasteiger partial charge on any atom is 0.269 e. The summed E-state index contributed by atoms with van der Waals surface area (Å²) in [6, 6.07) is 6.10. The number of benzene rings is 1. The van der Waals surface area contributed by atoms with Crippen LogP contribution in [0.2, 0.25) is 0 Å². The molecule has 1 atom stereocenters. The Labute approximate surface area is 98.8 Å². The van der Waals surface area contributed by atoms with Crippen LogP contribution in [0.25, 0.3) is 5.76 Å². The van der Waals surface area contributed by atoms with Crippen LogP contribution in [0.4, 0.5) is 5.69 Å². The van der Waals surface area contributed by atoms with Gasteiger partial charge in [0.15, 0.2) is 0 Å². The van der Waals surface area contributed by atoms with Crippen molar-refractivity contribution in [3.8, 4) is 0 Å². The van der Waals surface area contributed by atoms with E-state index in [2.05, 4.69) is 6.58 Å². The zero-order valence-corrected chi connectivity index (χ0v) is 9.51. The molecule has 2 rings (SSSR count). The fraction of sp³-hybridized carbons (Fsp3) is 0.333. The lowest BCUT2D eigenvalue weighted by atomic mass is 10.2. The van der Waals surface area contributed by atoms with Crippen molar-refractivity contribution in [3.63, 3.8) is 0 Å². The van der Waals surface area contributed by atoms with Gasteiger partial charge in [-0.25, -0.2) is 0 Å². The number of nitro groups is 1. The molecule has 0 aliphatic carbocycles. The van der Waals surface area contributed by atoms with Gasteiger partial charge in [-0.1, -0.05) is 6.58 Å². The number of nitro benzene ring substituents is 1. The van der Waals surface area contributed by atoms with Crippen molar-refractivity contribution in [2.24, 2.45) is 0 Å². The van der Waals surface area contributed by atoms with Crippen molar-refractivity contribution in [1.29, 1.82) is 0 Å². The Hall–Kier alpha value is -1.88. The molecule has 1 heterocycles. The number of hydrogen-bond acceptors (Lipinski definition) is 4. The molecule has 1 unspecified atom stereocenters. The van der Waals surface area contributed by atoms with Gasteiger partial charge in [-0.3, -0.25) is 10.1 Å². The van der Waals surface area contributed by atoms with E-state index in [1.807, 2.05) is 6.92 Å². The second kappa shape index (κ2) is 4.18. The van der Waals surface area contributed by atoms with Gasteiger partial charge in [-0.2, -0.15) is 0 Å². The summed E-state index contributed by atoms with van der Waals surface area (Å²) >= 11 is 0. The van der Waals surface area contributed by atoms with Gasteiger partial charge in [0, 0.05) is 17.7 Å². The number of non-ortho nitro benzene ring substituents is 1. The lowest BCUT2D eigenvalue weighted by molar-refractivity contribution is -0.384. The average molecular weight is 235 g/mol. The summed E-state index contributed by atoms with van der Waals surface area (Å²) in [5, 5.41) is 10.5. The van der Waals surface area contributed by atoms with E-state index >= 15 is 0 Å². The predicted octanol–water partition coefficient (Wildman–Crippen LogP) is 2.37. The summed E-state index contributed by atoms with van der Waals surface area (Å²) in [5.74, 6) is 0.497. The molecule has 1 aliphatic rings. The zero-order chi connectivity index (χ0) is 12.5. The highest BCUT2D eigenvalue weighted by Crippen LogP contribution is 2.28. The Balaban J connectivity index is 1.96. The minimum absolute atomic E-state index is 0.0547. The van der Waals surface area contributed by atoms with E-state index in [0.717, 1.165) is 5.56 Å². The van der Waals surface area contributed by atoms with Crippen molar-refractivity contribution in [2.75, 3.05) is 13.2 Å². The first kappa shape index (κ1) is 11.6. The van der Waals surface area contributed by atoms with E-state index in [1.54, 1.807) is 12.1 Å². The average Bonchev–Trinajstić information content (AvgIpc) is 3.05. The van der Waals surface area contributed by atoms with Gasteiger partial charge in [-0.15, -0.1) is 0 Å². The topological polar surface area (TPSA) is 64.9 Å². The summed E-state index contributed by atoms with van der Waals surface area (Å²) in [5.41, 5.74) is 0.600. The molecular weight excluding hydrogens is 222 g/mol. The van der Waals surface area contributed by atoms with Crippen LogP contribution in [0.5, 0.6) is 0 Å². The summed E-state index contributed by atoms with van der Waals surface area (Å²) < 4.78 is 10.6. The first-order chi connectivity index (χ1) is 8.00. The number of ether oxygens (including phenoxy) is 2. The molecule has 0 N–H and O–H groups in total. The highest BCUT2D eigenvalue weighted by molar-refractivity contribution is 5.58. The smallest absolute Gasteiger partial charge is 0.269 e. The Kier molecular flexibility index (Phi) is 2.85. The summed E-state index contributed by atoms with van der Waals surface area (Å²) in [7, 11) is 0. The van der Waals surface area contributed by atoms with Crippen molar-refractivity contribution in [1.82, 2.24) is 0 Å². The van der Waals surface area contributed by atoms with Gasteiger partial charge in [0.1, 0.15) is 18.0 Å². The van der Waals surface area contributed by atoms with E-state index in [4.69, 9.17) is 9.47 Å². The highest BCUT2D eigenvalue weighted by Gasteiger charge is 2.40. The molecule has 0 spiro atoms. The molecule has 1 aromatic carbocycles. The van der Waals surface area contributed by atoms with Gasteiger partial charge in [0.25, 0.3) is 5.69 Å². The van der Waals surface area contributed by atoms with E-state index in [1.165, 1.54) is 12.1 Å². The van der Waals surface area contributed by atoms with Crippen LogP contribution in [0.1, 0.15) is 12.5 Å². The SMILES string of the molecule is C=C(OCC1(C)CO1)c1ccc([N+](=O)[O-])cc1. The first-order valence-corrected chi connectivity index (χ1v) is 5.21. The Morgan fingerprint density at radius 1 is 1.59 bits per heavy atom. The van der Waals surface area contributed by atoms with Crippen LogP contribution in [0.3, 0.4) is 0 Å². The maximum atomic E-state index is 10.5. The van der Waals surface area contributed by atoms with Gasteiger partial charge < -0.3 is 9.47 Å².